The molecule has 2 aromatic carbocycles. The van der Waals surface area contributed by atoms with Gasteiger partial charge in [0.25, 0.3) is 5.56 Å². The number of nitrogens with one attached hydrogen (secondary N) is 2. The second kappa shape index (κ2) is 8.10. The van der Waals surface area contributed by atoms with Gasteiger partial charge in [-0.15, -0.1) is 0 Å². The van der Waals surface area contributed by atoms with Crippen molar-refractivity contribution in [3.05, 3.63) is 106 Å². The van der Waals surface area contributed by atoms with Gasteiger partial charge in [-0.2, -0.15) is 0 Å². The summed E-state index contributed by atoms with van der Waals surface area (Å²) in [6, 6.07) is 21.0. The van der Waals surface area contributed by atoms with Gasteiger partial charge < -0.3 is 10.3 Å². The minimum absolute atomic E-state index is 0.0955. The van der Waals surface area contributed by atoms with E-state index < -0.39 is 0 Å². The Morgan fingerprint density at radius 3 is 2.55 bits per heavy atom. The van der Waals surface area contributed by atoms with Crippen molar-refractivity contribution in [3.63, 3.8) is 0 Å². The molecule has 5 heteroatoms. The fraction of sp³-hybridized carbons (Fsp3) is 0.125. The largest absolute Gasteiger partial charge is 0.325 e. The molecule has 4 rings (SSSR count). The van der Waals surface area contributed by atoms with E-state index in [2.05, 4.69) is 15.3 Å². The zero-order valence-electron chi connectivity index (χ0n) is 16.1. The van der Waals surface area contributed by atoms with Crippen LogP contribution in [0.4, 0.5) is 5.69 Å². The van der Waals surface area contributed by atoms with Crippen LogP contribution in [-0.2, 0) is 11.2 Å². The summed E-state index contributed by atoms with van der Waals surface area (Å²) in [5, 5.41) is 3.94. The summed E-state index contributed by atoms with van der Waals surface area (Å²) < 4.78 is 0. The Labute approximate surface area is 168 Å². The molecule has 144 valence electrons. The zero-order chi connectivity index (χ0) is 20.2. The summed E-state index contributed by atoms with van der Waals surface area (Å²) in [5.74, 6) is -0.437. The average molecular weight is 383 g/mol. The minimum atomic E-state index is -0.341. The molecule has 1 amide bonds. The highest BCUT2D eigenvalue weighted by atomic mass is 16.2. The van der Waals surface area contributed by atoms with Crippen molar-refractivity contribution in [1.29, 1.82) is 0 Å². The number of hydrogen-bond acceptors (Lipinski definition) is 3. The molecule has 29 heavy (non-hydrogen) atoms. The lowest BCUT2D eigenvalue weighted by atomic mass is 9.91. The average Bonchev–Trinajstić information content (AvgIpc) is 2.74. The predicted octanol–water partition coefficient (Wildman–Crippen LogP) is 4.20. The smallest absolute Gasteiger partial charge is 0.251 e. The van der Waals surface area contributed by atoms with Gasteiger partial charge in [-0.3, -0.25) is 14.6 Å². The molecule has 0 aliphatic heterocycles. The van der Waals surface area contributed by atoms with Gasteiger partial charge in [-0.1, -0.05) is 36.4 Å². The normalized spacial score (nSPS) is 11.9. The van der Waals surface area contributed by atoms with Gasteiger partial charge in [0.15, 0.2) is 0 Å². The summed E-state index contributed by atoms with van der Waals surface area (Å²) in [4.78, 5) is 32.0. The third kappa shape index (κ3) is 4.24. The van der Waals surface area contributed by atoms with Crippen LogP contribution in [-0.4, -0.2) is 15.9 Å². The number of carbonyl (C=O) groups is 1. The van der Waals surface area contributed by atoms with Gasteiger partial charge >= 0.3 is 0 Å². The van der Waals surface area contributed by atoms with E-state index in [0.29, 0.717) is 23.2 Å². The lowest BCUT2D eigenvalue weighted by Crippen LogP contribution is -2.23. The number of anilines is 1. The molecular formula is C24H21N3O2. The molecule has 0 spiro atoms. The van der Waals surface area contributed by atoms with Crippen LogP contribution < -0.4 is 10.9 Å². The molecule has 4 aromatic rings. The Morgan fingerprint density at radius 2 is 1.79 bits per heavy atom. The number of aryl methyl sites for hydroxylation is 1. The fourth-order valence-electron chi connectivity index (χ4n) is 3.42. The number of aromatic amines is 1. The summed E-state index contributed by atoms with van der Waals surface area (Å²) in [5.41, 5.74) is 3.88. The van der Waals surface area contributed by atoms with Crippen LogP contribution >= 0.6 is 0 Å². The van der Waals surface area contributed by atoms with E-state index in [4.69, 9.17) is 0 Å². The first-order chi connectivity index (χ1) is 14.1. The number of rotatable bonds is 5. The summed E-state index contributed by atoms with van der Waals surface area (Å²) in [6.45, 7) is 1.78. The minimum Gasteiger partial charge on any atom is -0.325 e. The monoisotopic (exact) mass is 383 g/mol. The number of aromatic nitrogens is 2. The summed E-state index contributed by atoms with van der Waals surface area (Å²) in [6.07, 6.45) is 4.04. The van der Waals surface area contributed by atoms with Gasteiger partial charge in [0.1, 0.15) is 0 Å². The van der Waals surface area contributed by atoms with Gasteiger partial charge in [0.2, 0.25) is 5.91 Å². The number of hydrogen-bond donors (Lipinski definition) is 2. The Hall–Kier alpha value is -3.73. The molecule has 2 aromatic heterocycles. The van der Waals surface area contributed by atoms with Crippen molar-refractivity contribution in [1.82, 2.24) is 9.97 Å². The maximum Gasteiger partial charge on any atom is 0.251 e. The highest BCUT2D eigenvalue weighted by molar-refractivity contribution is 5.97. The molecule has 0 bridgehead atoms. The van der Waals surface area contributed by atoms with Crippen LogP contribution in [0.2, 0.25) is 0 Å². The number of fused-ring (bicyclic) bond motifs is 1. The highest BCUT2D eigenvalue weighted by Gasteiger charge is 2.21. The Balaban J connectivity index is 1.63. The first-order valence-electron chi connectivity index (χ1n) is 9.48. The molecule has 0 fully saturated rings. The first kappa shape index (κ1) is 18.6. The topological polar surface area (TPSA) is 74.8 Å². The third-order valence-corrected chi connectivity index (χ3v) is 5.01. The number of pyridine rings is 2. The fourth-order valence-corrected chi connectivity index (χ4v) is 3.42. The standard InChI is InChI=1S/C24H21N3O2/c1-16-13-19-7-8-20(15-22(19)27-23(16)28)26-24(29)21(18-5-3-2-4-6-18)14-17-9-11-25-12-10-17/h2-13,15,21H,14H2,1H3,(H,26,29)(H,27,28). The zero-order valence-corrected chi connectivity index (χ0v) is 16.1. The summed E-state index contributed by atoms with van der Waals surface area (Å²) in [7, 11) is 0. The quantitative estimate of drug-likeness (QED) is 0.542. The van der Waals surface area contributed by atoms with E-state index in [0.717, 1.165) is 16.5 Å². The van der Waals surface area contributed by atoms with E-state index in [1.165, 1.54) is 0 Å². The van der Waals surface area contributed by atoms with Crippen LogP contribution in [0.1, 0.15) is 22.6 Å². The van der Waals surface area contributed by atoms with Crippen LogP contribution in [0.5, 0.6) is 0 Å². The van der Waals surface area contributed by atoms with Crippen LogP contribution in [0.25, 0.3) is 10.9 Å². The van der Waals surface area contributed by atoms with Crippen LogP contribution in [0, 0.1) is 6.92 Å². The van der Waals surface area contributed by atoms with E-state index in [1.54, 1.807) is 25.4 Å². The van der Waals surface area contributed by atoms with Gasteiger partial charge in [-0.25, -0.2) is 0 Å². The number of amides is 1. The third-order valence-electron chi connectivity index (χ3n) is 5.01. The van der Waals surface area contributed by atoms with Crippen molar-refractivity contribution >= 4 is 22.5 Å². The van der Waals surface area contributed by atoms with Crippen molar-refractivity contribution in [2.75, 3.05) is 5.32 Å². The Morgan fingerprint density at radius 1 is 1.03 bits per heavy atom. The van der Waals surface area contributed by atoms with Crippen molar-refractivity contribution in [2.24, 2.45) is 0 Å². The van der Waals surface area contributed by atoms with Crippen LogP contribution in [0.15, 0.2) is 83.9 Å². The maximum atomic E-state index is 13.2. The molecule has 2 N–H and O–H groups in total. The molecule has 1 atom stereocenters. The SMILES string of the molecule is Cc1cc2ccc(NC(=O)C(Cc3ccncc3)c3ccccc3)cc2[nH]c1=O. The lowest BCUT2D eigenvalue weighted by Gasteiger charge is -2.18. The van der Waals surface area contributed by atoms with Gasteiger partial charge in [0.05, 0.1) is 11.4 Å². The maximum absolute atomic E-state index is 13.2. The number of benzene rings is 2. The van der Waals surface area contributed by atoms with Gasteiger partial charge in [-0.05, 0) is 60.2 Å². The van der Waals surface area contributed by atoms with E-state index >= 15 is 0 Å². The van der Waals surface area contributed by atoms with Crippen molar-refractivity contribution in [3.8, 4) is 0 Å². The first-order valence-corrected chi connectivity index (χ1v) is 9.48. The van der Waals surface area contributed by atoms with Crippen LogP contribution in [0.3, 0.4) is 0 Å². The summed E-state index contributed by atoms with van der Waals surface area (Å²) >= 11 is 0. The molecule has 0 saturated carbocycles. The predicted molar refractivity (Wildman–Crippen MR) is 115 cm³/mol. The van der Waals surface area contributed by atoms with Crippen molar-refractivity contribution < 1.29 is 4.79 Å². The number of carbonyl (C=O) groups excluding carboxylic acids is 1. The second-order valence-electron chi connectivity index (χ2n) is 7.10. The molecule has 0 radical (unpaired) electrons. The van der Waals surface area contributed by atoms with E-state index in [-0.39, 0.29) is 17.4 Å². The van der Waals surface area contributed by atoms with Crippen molar-refractivity contribution in [2.45, 2.75) is 19.3 Å². The second-order valence-corrected chi connectivity index (χ2v) is 7.10. The van der Waals surface area contributed by atoms with E-state index in [1.807, 2.05) is 60.7 Å². The molecule has 0 aliphatic carbocycles. The number of nitrogens with zero attached hydrogens (tertiary/aromatic N) is 1. The molecule has 1 unspecified atom stereocenters. The lowest BCUT2D eigenvalue weighted by molar-refractivity contribution is -0.117. The molecular weight excluding hydrogens is 362 g/mol. The molecule has 2 heterocycles. The van der Waals surface area contributed by atoms with E-state index in [9.17, 15) is 9.59 Å². The highest BCUT2D eigenvalue weighted by Crippen LogP contribution is 2.24. The molecule has 0 aliphatic rings. The molecule has 5 nitrogen and oxygen atoms in total. The number of H-pyrrole nitrogens is 1. The Kier molecular flexibility index (Phi) is 5.20. The van der Waals surface area contributed by atoms with Gasteiger partial charge in [0, 0.05) is 23.6 Å². The molecule has 0 saturated heterocycles. The Bertz CT molecular complexity index is 1200.